The minimum Gasteiger partial charge on any atom is -0.390 e. The highest BCUT2D eigenvalue weighted by molar-refractivity contribution is 4.66. The van der Waals surface area contributed by atoms with Crippen molar-refractivity contribution in [2.75, 3.05) is 13.1 Å². The highest BCUT2D eigenvalue weighted by Crippen LogP contribution is 2.05. The highest BCUT2D eigenvalue weighted by atomic mass is 16.3. The third-order valence-electron chi connectivity index (χ3n) is 2.10. The van der Waals surface area contributed by atoms with Crippen molar-refractivity contribution in [3.8, 4) is 0 Å². The molecule has 0 radical (unpaired) electrons. The molecular weight excluding hydrogens is 150 g/mol. The molecule has 2 heteroatoms. The van der Waals surface area contributed by atoms with E-state index in [0.717, 1.165) is 25.4 Å². The van der Waals surface area contributed by atoms with Gasteiger partial charge in [-0.2, -0.15) is 0 Å². The van der Waals surface area contributed by atoms with Crippen molar-refractivity contribution in [2.45, 2.75) is 46.1 Å². The number of aliphatic hydroxyl groups is 1. The van der Waals surface area contributed by atoms with Gasteiger partial charge in [-0.05, 0) is 39.3 Å². The van der Waals surface area contributed by atoms with Crippen LogP contribution >= 0.6 is 0 Å². The van der Waals surface area contributed by atoms with Gasteiger partial charge in [0, 0.05) is 0 Å². The summed E-state index contributed by atoms with van der Waals surface area (Å²) in [6.07, 6.45) is 2.04. The van der Waals surface area contributed by atoms with E-state index in [1.54, 1.807) is 0 Å². The van der Waals surface area contributed by atoms with Gasteiger partial charge in [-0.25, -0.2) is 0 Å². The van der Waals surface area contributed by atoms with Gasteiger partial charge in [0.05, 0.1) is 5.60 Å². The second-order valence-corrected chi connectivity index (χ2v) is 4.28. The first-order valence-electron chi connectivity index (χ1n) is 4.89. The number of hydrogen-bond donors (Lipinski definition) is 2. The maximum absolute atomic E-state index is 9.40. The van der Waals surface area contributed by atoms with Gasteiger partial charge in [0.2, 0.25) is 0 Å². The van der Waals surface area contributed by atoms with Gasteiger partial charge >= 0.3 is 0 Å². The third-order valence-corrected chi connectivity index (χ3v) is 2.10. The molecule has 0 rings (SSSR count). The Morgan fingerprint density at radius 3 is 2.42 bits per heavy atom. The second kappa shape index (κ2) is 5.55. The van der Waals surface area contributed by atoms with E-state index in [9.17, 15) is 5.11 Å². The fourth-order valence-electron chi connectivity index (χ4n) is 0.887. The minimum absolute atomic E-state index is 0.525. The predicted octanol–water partition coefficient (Wildman–Crippen LogP) is 1.78. The molecule has 0 heterocycles. The average Bonchev–Trinajstić information content (AvgIpc) is 1.96. The van der Waals surface area contributed by atoms with E-state index in [1.807, 2.05) is 13.8 Å². The highest BCUT2D eigenvalue weighted by Gasteiger charge is 2.10. The lowest BCUT2D eigenvalue weighted by Gasteiger charge is -2.18. The summed E-state index contributed by atoms with van der Waals surface area (Å²) < 4.78 is 0. The maximum Gasteiger partial charge on any atom is 0.0603 e. The maximum atomic E-state index is 9.40. The first-order chi connectivity index (χ1) is 5.45. The Labute approximate surface area is 76.4 Å². The van der Waals surface area contributed by atoms with Crippen LogP contribution in [0, 0.1) is 5.92 Å². The molecule has 0 aromatic carbocycles. The zero-order valence-electron chi connectivity index (χ0n) is 8.85. The number of nitrogens with one attached hydrogen (secondary N) is 1. The number of hydrogen-bond acceptors (Lipinski definition) is 2. The van der Waals surface area contributed by atoms with E-state index in [-0.39, 0.29) is 0 Å². The zero-order chi connectivity index (χ0) is 9.61. The lowest BCUT2D eigenvalue weighted by atomic mass is 10.1. The molecule has 74 valence electrons. The van der Waals surface area contributed by atoms with E-state index in [0.29, 0.717) is 0 Å². The molecule has 0 aliphatic rings. The largest absolute Gasteiger partial charge is 0.390 e. The van der Waals surface area contributed by atoms with E-state index < -0.39 is 5.60 Å². The minimum atomic E-state index is -0.525. The molecular formula is C10H23NO. The number of rotatable bonds is 6. The van der Waals surface area contributed by atoms with Crippen LogP contribution < -0.4 is 5.32 Å². The Hall–Kier alpha value is -0.0800. The predicted molar refractivity (Wildman–Crippen MR) is 53.2 cm³/mol. The van der Waals surface area contributed by atoms with Gasteiger partial charge in [-0.3, -0.25) is 0 Å². The SMILES string of the molecule is CCC(C)CNCCC(C)(C)O. The Bertz CT molecular complexity index is 107. The molecule has 1 unspecified atom stereocenters. The quantitative estimate of drug-likeness (QED) is 0.600. The van der Waals surface area contributed by atoms with Crippen molar-refractivity contribution in [3.63, 3.8) is 0 Å². The standard InChI is InChI=1S/C10H23NO/c1-5-9(2)8-11-7-6-10(3,4)12/h9,11-12H,5-8H2,1-4H3. The van der Waals surface area contributed by atoms with Crippen molar-refractivity contribution >= 4 is 0 Å². The fourth-order valence-corrected chi connectivity index (χ4v) is 0.887. The summed E-state index contributed by atoms with van der Waals surface area (Å²) in [5, 5.41) is 12.7. The van der Waals surface area contributed by atoms with Gasteiger partial charge in [0.25, 0.3) is 0 Å². The average molecular weight is 173 g/mol. The molecule has 0 saturated heterocycles. The van der Waals surface area contributed by atoms with Gasteiger partial charge in [-0.15, -0.1) is 0 Å². The van der Waals surface area contributed by atoms with E-state index in [4.69, 9.17) is 0 Å². The summed E-state index contributed by atoms with van der Waals surface area (Å²) in [6, 6.07) is 0. The molecule has 0 fully saturated rings. The van der Waals surface area contributed by atoms with Crippen LogP contribution in [0.3, 0.4) is 0 Å². The lowest BCUT2D eigenvalue weighted by molar-refractivity contribution is 0.0710. The Kier molecular flexibility index (Phi) is 5.51. The molecule has 0 aromatic rings. The molecule has 0 bridgehead atoms. The third kappa shape index (κ3) is 8.02. The van der Waals surface area contributed by atoms with Crippen LogP contribution in [0.5, 0.6) is 0 Å². The van der Waals surface area contributed by atoms with Crippen LogP contribution in [0.15, 0.2) is 0 Å². The van der Waals surface area contributed by atoms with E-state index in [1.165, 1.54) is 6.42 Å². The molecule has 0 aliphatic heterocycles. The van der Waals surface area contributed by atoms with Crippen LogP contribution in [0.2, 0.25) is 0 Å². The molecule has 0 spiro atoms. The summed E-state index contributed by atoms with van der Waals surface area (Å²) in [6.45, 7) is 10.1. The van der Waals surface area contributed by atoms with Crippen LogP contribution in [-0.2, 0) is 0 Å². The summed E-state index contributed by atoms with van der Waals surface area (Å²) in [7, 11) is 0. The lowest BCUT2D eigenvalue weighted by Crippen LogP contribution is -2.29. The molecule has 0 aliphatic carbocycles. The molecule has 0 aromatic heterocycles. The topological polar surface area (TPSA) is 32.3 Å². The molecule has 0 amide bonds. The normalized spacial score (nSPS) is 14.8. The van der Waals surface area contributed by atoms with Gasteiger partial charge < -0.3 is 10.4 Å². The van der Waals surface area contributed by atoms with Gasteiger partial charge in [0.15, 0.2) is 0 Å². The fraction of sp³-hybridized carbons (Fsp3) is 1.00. The first kappa shape index (κ1) is 11.9. The van der Waals surface area contributed by atoms with Crippen LogP contribution in [0.1, 0.15) is 40.5 Å². The second-order valence-electron chi connectivity index (χ2n) is 4.28. The summed E-state index contributed by atoms with van der Waals surface area (Å²) in [5.74, 6) is 0.742. The summed E-state index contributed by atoms with van der Waals surface area (Å²) >= 11 is 0. The van der Waals surface area contributed by atoms with E-state index >= 15 is 0 Å². The Morgan fingerprint density at radius 2 is 2.00 bits per heavy atom. The Balaban J connectivity index is 3.22. The molecule has 2 nitrogen and oxygen atoms in total. The zero-order valence-corrected chi connectivity index (χ0v) is 8.85. The van der Waals surface area contributed by atoms with Crippen molar-refractivity contribution in [1.29, 1.82) is 0 Å². The molecule has 2 N–H and O–H groups in total. The van der Waals surface area contributed by atoms with Crippen LogP contribution in [0.25, 0.3) is 0 Å². The molecule has 1 atom stereocenters. The first-order valence-corrected chi connectivity index (χ1v) is 4.89. The summed E-state index contributed by atoms with van der Waals surface area (Å²) in [5.41, 5.74) is -0.525. The van der Waals surface area contributed by atoms with E-state index in [2.05, 4.69) is 19.2 Å². The van der Waals surface area contributed by atoms with Crippen LogP contribution in [-0.4, -0.2) is 23.8 Å². The van der Waals surface area contributed by atoms with Crippen molar-refractivity contribution < 1.29 is 5.11 Å². The van der Waals surface area contributed by atoms with Crippen molar-refractivity contribution in [3.05, 3.63) is 0 Å². The van der Waals surface area contributed by atoms with Crippen molar-refractivity contribution in [1.82, 2.24) is 5.32 Å². The summed E-state index contributed by atoms with van der Waals surface area (Å²) in [4.78, 5) is 0. The smallest absolute Gasteiger partial charge is 0.0603 e. The monoisotopic (exact) mass is 173 g/mol. The van der Waals surface area contributed by atoms with Crippen molar-refractivity contribution in [2.24, 2.45) is 5.92 Å². The van der Waals surface area contributed by atoms with Gasteiger partial charge in [-0.1, -0.05) is 20.3 Å². The molecule has 0 saturated carbocycles. The molecule has 12 heavy (non-hydrogen) atoms. The Morgan fingerprint density at radius 1 is 1.42 bits per heavy atom. The van der Waals surface area contributed by atoms with Gasteiger partial charge in [0.1, 0.15) is 0 Å². The van der Waals surface area contributed by atoms with Crippen LogP contribution in [0.4, 0.5) is 0 Å².